The molecule has 2 aliphatic carbocycles. The highest BCUT2D eigenvalue weighted by molar-refractivity contribution is 5.80. The van der Waals surface area contributed by atoms with E-state index < -0.39 is 28.6 Å². The molecule has 0 unspecified atom stereocenters. The molecule has 2 fully saturated rings. The molecular weight excluding hydrogens is 487 g/mol. The molecule has 198 valence electrons. The Bertz CT molecular complexity index is 1300. The van der Waals surface area contributed by atoms with Gasteiger partial charge in [0.15, 0.2) is 17.3 Å². The molecule has 2 saturated carbocycles. The highest BCUT2D eigenvalue weighted by atomic mass is 19.1. The van der Waals surface area contributed by atoms with Gasteiger partial charge in [-0.05, 0) is 51.4 Å². The van der Waals surface area contributed by atoms with E-state index in [1.807, 2.05) is 6.92 Å². The number of nitrogens with zero attached hydrogens (tertiary/aromatic N) is 4. The maximum absolute atomic E-state index is 14.5. The number of benzene rings is 1. The number of carbonyl (C=O) groups excluding carboxylic acids is 1. The van der Waals surface area contributed by atoms with Crippen LogP contribution in [-0.4, -0.2) is 42.7 Å². The third-order valence-electron chi connectivity index (χ3n) is 7.67. The monoisotopic (exact) mass is 517 g/mol. The number of imidazole rings is 1. The zero-order valence-corrected chi connectivity index (χ0v) is 20.5. The molecule has 0 aliphatic heterocycles. The second kappa shape index (κ2) is 9.81. The highest BCUT2D eigenvalue weighted by Crippen LogP contribution is 2.43. The predicted molar refractivity (Wildman–Crippen MR) is 132 cm³/mol. The van der Waals surface area contributed by atoms with Crippen molar-refractivity contribution in [3.05, 3.63) is 35.8 Å². The second-order valence-electron chi connectivity index (χ2n) is 10.4. The van der Waals surface area contributed by atoms with Crippen molar-refractivity contribution >= 4 is 34.7 Å². The van der Waals surface area contributed by atoms with Crippen LogP contribution in [0.15, 0.2) is 18.3 Å². The Hall–Kier alpha value is -3.41. The van der Waals surface area contributed by atoms with E-state index in [1.165, 1.54) is 6.20 Å². The number of carbonyl (C=O) groups is 1. The van der Waals surface area contributed by atoms with Crippen LogP contribution in [0.25, 0.3) is 11.2 Å². The number of hydrogen-bond acceptors (Lipinski definition) is 7. The van der Waals surface area contributed by atoms with Gasteiger partial charge in [-0.1, -0.05) is 6.92 Å². The number of primary amides is 1. The molecule has 2 aromatic heterocycles. The smallest absolute Gasteiger partial charge is 0.224 e. The molecule has 9 nitrogen and oxygen atoms in total. The molecule has 5 N–H and O–H groups in total. The van der Waals surface area contributed by atoms with Crippen molar-refractivity contribution in [3.63, 3.8) is 0 Å². The number of nitrogens with one attached hydrogen (secondary N) is 2. The second-order valence-corrected chi connectivity index (χ2v) is 10.4. The fraction of sp³-hybridized carbons (Fsp3) is 0.520. The Labute approximate surface area is 211 Å². The van der Waals surface area contributed by atoms with E-state index in [2.05, 4.69) is 25.6 Å². The zero-order valence-electron chi connectivity index (χ0n) is 20.5. The SMILES string of the molecule is C[C@]1(C(N)=O)CC[C@@H](n2c(Nc3c(F)cc(F)cc3F)nc3cnc(N[C@H]4CCC[C@@H](O)C4)nc32)CC1. The standard InChI is InChI=1S/C25H30F3N7O2/c1-25(22(29)37)7-5-15(6-8-25)35-21-19(12-30-23(34-21)31-14-3-2-4-16(36)11-14)32-24(35)33-20-17(27)9-13(26)10-18(20)28/h9-10,12,14-16,36H,2-8,11H2,1H3,(H2,29,37)(H,32,33)(H,30,31,34)/t14-,15-,16+,25+/m0/s1. The number of amides is 1. The predicted octanol–water partition coefficient (Wildman–Crippen LogP) is 4.31. The van der Waals surface area contributed by atoms with Gasteiger partial charge in [-0.3, -0.25) is 9.36 Å². The van der Waals surface area contributed by atoms with E-state index in [0.29, 0.717) is 61.3 Å². The van der Waals surface area contributed by atoms with Gasteiger partial charge in [0.25, 0.3) is 0 Å². The fourth-order valence-electron chi connectivity index (χ4n) is 5.39. The van der Waals surface area contributed by atoms with Crippen LogP contribution in [0.2, 0.25) is 0 Å². The van der Waals surface area contributed by atoms with E-state index in [-0.39, 0.29) is 30.0 Å². The summed E-state index contributed by atoms with van der Waals surface area (Å²) in [5.74, 6) is -3.08. The Balaban J connectivity index is 1.52. The first-order chi connectivity index (χ1) is 17.6. The molecule has 1 aromatic carbocycles. The average molecular weight is 518 g/mol. The van der Waals surface area contributed by atoms with E-state index in [9.17, 15) is 23.1 Å². The Morgan fingerprint density at radius 1 is 1.14 bits per heavy atom. The van der Waals surface area contributed by atoms with Gasteiger partial charge in [0.05, 0.1) is 12.3 Å². The molecular formula is C25H30F3N7O2. The maximum Gasteiger partial charge on any atom is 0.224 e. The molecule has 0 saturated heterocycles. The number of hydrogen-bond donors (Lipinski definition) is 4. The highest BCUT2D eigenvalue weighted by Gasteiger charge is 2.38. The van der Waals surface area contributed by atoms with Crippen LogP contribution in [0.4, 0.5) is 30.8 Å². The van der Waals surface area contributed by atoms with Crippen LogP contribution in [0, 0.1) is 22.9 Å². The molecule has 0 spiro atoms. The Kier molecular flexibility index (Phi) is 6.69. The largest absolute Gasteiger partial charge is 0.393 e. The van der Waals surface area contributed by atoms with Crippen LogP contribution in [0.1, 0.15) is 64.3 Å². The van der Waals surface area contributed by atoms with Gasteiger partial charge in [-0.2, -0.15) is 4.98 Å². The summed E-state index contributed by atoms with van der Waals surface area (Å²) in [6.07, 6.45) is 6.46. The van der Waals surface area contributed by atoms with Crippen LogP contribution < -0.4 is 16.4 Å². The Morgan fingerprint density at radius 2 is 1.84 bits per heavy atom. The maximum atomic E-state index is 14.5. The third kappa shape index (κ3) is 5.07. The summed E-state index contributed by atoms with van der Waals surface area (Å²) in [4.78, 5) is 25.5. The van der Waals surface area contributed by atoms with Crippen molar-refractivity contribution in [1.29, 1.82) is 0 Å². The molecule has 37 heavy (non-hydrogen) atoms. The third-order valence-corrected chi connectivity index (χ3v) is 7.67. The number of nitrogens with two attached hydrogens (primary N) is 1. The summed E-state index contributed by atoms with van der Waals surface area (Å²) >= 11 is 0. The van der Waals surface area contributed by atoms with Gasteiger partial charge in [-0.25, -0.2) is 23.1 Å². The molecule has 2 heterocycles. The summed E-state index contributed by atoms with van der Waals surface area (Å²) in [7, 11) is 0. The number of aliphatic hydroxyl groups is 1. The summed E-state index contributed by atoms with van der Waals surface area (Å²) in [6.45, 7) is 1.84. The van der Waals surface area contributed by atoms with Crippen LogP contribution in [-0.2, 0) is 4.79 Å². The van der Waals surface area contributed by atoms with Gasteiger partial charge in [0, 0.05) is 29.6 Å². The van der Waals surface area contributed by atoms with E-state index in [1.54, 1.807) is 4.57 Å². The van der Waals surface area contributed by atoms with Crippen molar-refractivity contribution in [2.45, 2.75) is 76.5 Å². The minimum Gasteiger partial charge on any atom is -0.393 e. The first-order valence-corrected chi connectivity index (χ1v) is 12.5. The van der Waals surface area contributed by atoms with Crippen LogP contribution in [0.3, 0.4) is 0 Å². The van der Waals surface area contributed by atoms with Crippen molar-refractivity contribution in [2.75, 3.05) is 10.6 Å². The molecule has 5 rings (SSSR count). The summed E-state index contributed by atoms with van der Waals surface area (Å²) in [5, 5.41) is 16.0. The number of aliphatic hydroxyl groups excluding tert-OH is 1. The summed E-state index contributed by atoms with van der Waals surface area (Å²) < 4.78 is 44.2. The normalized spacial score (nSPS) is 26.2. The lowest BCUT2D eigenvalue weighted by molar-refractivity contribution is -0.128. The van der Waals surface area contributed by atoms with Gasteiger partial charge in [0.1, 0.15) is 17.0 Å². The van der Waals surface area contributed by atoms with Crippen LogP contribution in [0.5, 0.6) is 0 Å². The molecule has 2 aliphatic rings. The number of anilines is 3. The van der Waals surface area contributed by atoms with Crippen LogP contribution >= 0.6 is 0 Å². The zero-order chi connectivity index (χ0) is 26.3. The van der Waals surface area contributed by atoms with Gasteiger partial charge >= 0.3 is 0 Å². The summed E-state index contributed by atoms with van der Waals surface area (Å²) in [5.41, 5.74) is 5.31. The fourth-order valence-corrected chi connectivity index (χ4v) is 5.39. The van der Waals surface area contributed by atoms with Crippen molar-refractivity contribution in [1.82, 2.24) is 19.5 Å². The number of halogens is 3. The lowest BCUT2D eigenvalue weighted by Crippen LogP contribution is -2.38. The molecule has 0 bridgehead atoms. The first kappa shape index (κ1) is 25.2. The molecule has 2 atom stereocenters. The van der Waals surface area contributed by atoms with E-state index in [0.717, 1.165) is 19.3 Å². The van der Waals surface area contributed by atoms with E-state index in [4.69, 9.17) is 5.73 Å². The lowest BCUT2D eigenvalue weighted by atomic mass is 9.73. The number of fused-ring (bicyclic) bond motifs is 1. The van der Waals surface area contributed by atoms with Gasteiger partial charge in [-0.15, -0.1) is 0 Å². The first-order valence-electron chi connectivity index (χ1n) is 12.5. The van der Waals surface area contributed by atoms with Crippen molar-refractivity contribution in [2.24, 2.45) is 11.1 Å². The molecule has 1 amide bonds. The minimum atomic E-state index is -1.09. The summed E-state index contributed by atoms with van der Waals surface area (Å²) in [6, 6.07) is 1.02. The molecule has 0 radical (unpaired) electrons. The minimum absolute atomic E-state index is 0.0172. The lowest BCUT2D eigenvalue weighted by Gasteiger charge is -2.35. The number of aromatic nitrogens is 4. The van der Waals surface area contributed by atoms with Gasteiger partial charge in [0.2, 0.25) is 17.8 Å². The van der Waals surface area contributed by atoms with Gasteiger partial charge < -0.3 is 21.5 Å². The topological polar surface area (TPSA) is 131 Å². The average Bonchev–Trinajstić information content (AvgIpc) is 3.19. The number of rotatable bonds is 6. The van der Waals surface area contributed by atoms with Crippen molar-refractivity contribution in [3.8, 4) is 0 Å². The van der Waals surface area contributed by atoms with Crippen molar-refractivity contribution < 1.29 is 23.1 Å². The molecule has 3 aromatic rings. The molecule has 12 heteroatoms. The Morgan fingerprint density at radius 3 is 2.49 bits per heavy atom. The quantitative estimate of drug-likeness (QED) is 0.383. The van der Waals surface area contributed by atoms with E-state index >= 15 is 0 Å².